The standard InChI is InChI=1S/C20H30INO4S/c1-5-6-7-8-9-10-19(26-17(4)23)20(16(3)21)22-27(24,25)18-13-11-15(2)12-14-18/h11-14,19-20,22H,3,5-10H2,1-2,4H3/t19-,20-/m0/s1. The molecule has 0 heterocycles. The van der Waals surface area contributed by atoms with Crippen molar-refractivity contribution in [1.82, 2.24) is 4.72 Å². The Bertz CT molecular complexity index is 716. The molecule has 5 nitrogen and oxygen atoms in total. The van der Waals surface area contributed by atoms with Crippen molar-refractivity contribution >= 4 is 38.6 Å². The van der Waals surface area contributed by atoms with Crippen molar-refractivity contribution in [3.8, 4) is 0 Å². The second-order valence-electron chi connectivity index (χ2n) is 6.71. The minimum absolute atomic E-state index is 0.181. The van der Waals surface area contributed by atoms with Gasteiger partial charge in [0.05, 0.1) is 10.9 Å². The summed E-state index contributed by atoms with van der Waals surface area (Å²) in [6.07, 6.45) is 5.34. The zero-order valence-corrected chi connectivity index (χ0v) is 19.3. The average molecular weight is 507 g/mol. The highest BCUT2D eigenvalue weighted by atomic mass is 127. The molecule has 0 fully saturated rings. The zero-order chi connectivity index (χ0) is 20.4. The first-order valence-corrected chi connectivity index (χ1v) is 11.8. The van der Waals surface area contributed by atoms with Gasteiger partial charge < -0.3 is 4.74 Å². The van der Waals surface area contributed by atoms with Crippen LogP contribution in [0.15, 0.2) is 39.3 Å². The molecule has 0 aliphatic heterocycles. The lowest BCUT2D eigenvalue weighted by Crippen LogP contribution is -2.45. The van der Waals surface area contributed by atoms with Crippen molar-refractivity contribution in [2.75, 3.05) is 0 Å². The smallest absolute Gasteiger partial charge is 0.302 e. The van der Waals surface area contributed by atoms with Gasteiger partial charge in [-0.3, -0.25) is 4.79 Å². The number of rotatable bonds is 12. The van der Waals surface area contributed by atoms with Crippen LogP contribution in [-0.4, -0.2) is 26.5 Å². The number of halogens is 1. The lowest BCUT2D eigenvalue weighted by atomic mass is 10.0. The van der Waals surface area contributed by atoms with Crippen LogP contribution in [0.3, 0.4) is 0 Å². The Balaban J connectivity index is 2.93. The molecular formula is C20H30INO4S. The Morgan fingerprint density at radius 2 is 1.78 bits per heavy atom. The Hall–Kier alpha value is -0.930. The van der Waals surface area contributed by atoms with E-state index in [1.165, 1.54) is 13.3 Å². The zero-order valence-electron chi connectivity index (χ0n) is 16.3. The molecular weight excluding hydrogens is 477 g/mol. The van der Waals surface area contributed by atoms with E-state index in [0.717, 1.165) is 31.2 Å². The average Bonchev–Trinajstić information content (AvgIpc) is 2.58. The summed E-state index contributed by atoms with van der Waals surface area (Å²) >= 11 is 1.99. The van der Waals surface area contributed by atoms with Crippen LogP contribution in [0.5, 0.6) is 0 Å². The van der Waals surface area contributed by atoms with Crippen molar-refractivity contribution in [1.29, 1.82) is 0 Å². The summed E-state index contributed by atoms with van der Waals surface area (Å²) in [5, 5.41) is 0. The van der Waals surface area contributed by atoms with Crippen LogP contribution in [0.25, 0.3) is 0 Å². The van der Waals surface area contributed by atoms with E-state index in [2.05, 4.69) is 18.2 Å². The highest BCUT2D eigenvalue weighted by molar-refractivity contribution is 14.1. The third kappa shape index (κ3) is 8.74. The number of sulfonamides is 1. The maximum Gasteiger partial charge on any atom is 0.302 e. The van der Waals surface area contributed by atoms with E-state index in [1.807, 2.05) is 29.5 Å². The fraction of sp³-hybridized carbons (Fsp3) is 0.550. The first-order valence-electron chi connectivity index (χ1n) is 9.28. The molecule has 0 aliphatic carbocycles. The van der Waals surface area contributed by atoms with Crippen LogP contribution in [0.2, 0.25) is 0 Å². The SMILES string of the molecule is C=C(I)[C@H](NS(=O)(=O)c1ccc(C)cc1)[C@H](CCCCCCC)OC(C)=O. The molecule has 0 spiro atoms. The number of nitrogens with one attached hydrogen (secondary N) is 1. The monoisotopic (exact) mass is 507 g/mol. The van der Waals surface area contributed by atoms with Gasteiger partial charge in [0.25, 0.3) is 0 Å². The van der Waals surface area contributed by atoms with Crippen LogP contribution >= 0.6 is 22.6 Å². The topological polar surface area (TPSA) is 72.5 Å². The summed E-state index contributed by atoms with van der Waals surface area (Å²) in [4.78, 5) is 11.7. The highest BCUT2D eigenvalue weighted by Gasteiger charge is 2.30. The van der Waals surface area contributed by atoms with Crippen LogP contribution < -0.4 is 4.72 Å². The van der Waals surface area contributed by atoms with Crippen molar-refractivity contribution < 1.29 is 17.9 Å². The Morgan fingerprint density at radius 1 is 1.19 bits per heavy atom. The van der Waals surface area contributed by atoms with Gasteiger partial charge in [-0.25, -0.2) is 8.42 Å². The van der Waals surface area contributed by atoms with Crippen LogP contribution in [0, 0.1) is 6.92 Å². The van der Waals surface area contributed by atoms with E-state index in [0.29, 0.717) is 10.0 Å². The van der Waals surface area contributed by atoms with Crippen molar-refractivity contribution in [3.05, 3.63) is 40.0 Å². The van der Waals surface area contributed by atoms with Gasteiger partial charge in [-0.2, -0.15) is 4.72 Å². The van der Waals surface area contributed by atoms with Crippen LogP contribution in [0.4, 0.5) is 0 Å². The first kappa shape index (κ1) is 24.1. The van der Waals surface area contributed by atoms with Gasteiger partial charge in [0.2, 0.25) is 10.0 Å². The second kappa shape index (κ2) is 11.8. The lowest BCUT2D eigenvalue weighted by molar-refractivity contribution is -0.147. The lowest BCUT2D eigenvalue weighted by Gasteiger charge is -2.27. The van der Waals surface area contributed by atoms with E-state index in [1.54, 1.807) is 24.3 Å². The molecule has 0 aliphatic rings. The van der Waals surface area contributed by atoms with E-state index in [-0.39, 0.29) is 4.90 Å². The molecule has 0 aromatic heterocycles. The maximum atomic E-state index is 12.8. The van der Waals surface area contributed by atoms with Gasteiger partial charge in [0.1, 0.15) is 6.10 Å². The van der Waals surface area contributed by atoms with Crippen molar-refractivity contribution in [3.63, 3.8) is 0 Å². The third-order valence-corrected chi connectivity index (χ3v) is 6.36. The Morgan fingerprint density at radius 3 is 2.30 bits per heavy atom. The molecule has 0 unspecified atom stereocenters. The van der Waals surface area contributed by atoms with Gasteiger partial charge in [-0.1, -0.05) is 56.9 Å². The summed E-state index contributed by atoms with van der Waals surface area (Å²) in [7, 11) is -3.75. The molecule has 2 atom stereocenters. The molecule has 0 saturated carbocycles. The molecule has 1 aromatic carbocycles. The number of carbonyl (C=O) groups excluding carboxylic acids is 1. The van der Waals surface area contributed by atoms with Crippen LogP contribution in [-0.2, 0) is 19.6 Å². The number of hydrogen-bond acceptors (Lipinski definition) is 4. The molecule has 1 aromatic rings. The summed E-state index contributed by atoms with van der Waals surface area (Å²) in [6, 6.07) is 5.96. The summed E-state index contributed by atoms with van der Waals surface area (Å²) in [5.41, 5.74) is 0.980. The number of unbranched alkanes of at least 4 members (excludes halogenated alkanes) is 4. The summed E-state index contributed by atoms with van der Waals surface area (Å²) in [6.45, 7) is 9.29. The molecule has 152 valence electrons. The largest absolute Gasteiger partial charge is 0.460 e. The second-order valence-corrected chi connectivity index (χ2v) is 9.81. The number of aryl methyl sites for hydroxylation is 1. The van der Waals surface area contributed by atoms with Gasteiger partial charge >= 0.3 is 5.97 Å². The predicted molar refractivity (Wildman–Crippen MR) is 117 cm³/mol. The van der Waals surface area contributed by atoms with E-state index < -0.39 is 28.1 Å². The number of carbonyl (C=O) groups is 1. The van der Waals surface area contributed by atoms with Crippen molar-refractivity contribution in [2.24, 2.45) is 0 Å². The number of ether oxygens (including phenoxy) is 1. The quantitative estimate of drug-likeness (QED) is 0.249. The minimum atomic E-state index is -3.75. The molecule has 0 saturated heterocycles. The predicted octanol–water partition coefficient (Wildman–Crippen LogP) is 4.88. The van der Waals surface area contributed by atoms with E-state index >= 15 is 0 Å². The molecule has 0 bridgehead atoms. The number of hydrogen-bond donors (Lipinski definition) is 1. The van der Waals surface area contributed by atoms with Gasteiger partial charge in [-0.05, 0) is 54.5 Å². The van der Waals surface area contributed by atoms with Gasteiger partial charge in [0.15, 0.2) is 0 Å². The van der Waals surface area contributed by atoms with Gasteiger partial charge in [0, 0.05) is 10.5 Å². The number of esters is 1. The third-order valence-electron chi connectivity index (χ3n) is 4.23. The Labute approximate surface area is 177 Å². The molecule has 7 heteroatoms. The van der Waals surface area contributed by atoms with E-state index in [9.17, 15) is 13.2 Å². The van der Waals surface area contributed by atoms with Crippen LogP contribution in [0.1, 0.15) is 57.9 Å². The molecule has 0 radical (unpaired) electrons. The minimum Gasteiger partial charge on any atom is -0.460 e. The highest BCUT2D eigenvalue weighted by Crippen LogP contribution is 2.23. The molecule has 1 N–H and O–H groups in total. The fourth-order valence-corrected chi connectivity index (χ4v) is 4.78. The first-order chi connectivity index (χ1) is 12.7. The van der Waals surface area contributed by atoms with E-state index in [4.69, 9.17) is 4.74 Å². The normalized spacial score (nSPS) is 13.8. The molecule has 1 rings (SSSR count). The Kier molecular flexibility index (Phi) is 10.5. The molecule has 0 amide bonds. The maximum absolute atomic E-state index is 12.8. The van der Waals surface area contributed by atoms with Crippen molar-refractivity contribution in [2.45, 2.75) is 76.3 Å². The summed E-state index contributed by atoms with van der Waals surface area (Å²) in [5.74, 6) is -0.425. The van der Waals surface area contributed by atoms with Gasteiger partial charge in [-0.15, -0.1) is 0 Å². The molecule has 27 heavy (non-hydrogen) atoms. The fourth-order valence-electron chi connectivity index (χ4n) is 2.75. The number of benzene rings is 1. The summed E-state index contributed by atoms with van der Waals surface area (Å²) < 4.78 is 34.2.